The van der Waals surface area contributed by atoms with Crippen LogP contribution < -0.4 is 0 Å². The minimum atomic E-state index is -0.524. The van der Waals surface area contributed by atoms with Crippen LogP contribution in [0.15, 0.2) is 35.2 Å². The Kier molecular flexibility index (Phi) is 10.6. The third kappa shape index (κ3) is 9.41. The van der Waals surface area contributed by atoms with Crippen molar-refractivity contribution >= 4 is 0 Å². The molecular weight excluding hydrogens is 332 g/mol. The van der Waals surface area contributed by atoms with Crippen LogP contribution in [0.5, 0.6) is 0 Å². The number of hydrogen-bond donors (Lipinski definition) is 0. The summed E-state index contributed by atoms with van der Waals surface area (Å²) in [5.41, 5.74) is -0.186. The summed E-state index contributed by atoms with van der Waals surface area (Å²) in [7, 11) is 0. The van der Waals surface area contributed by atoms with Crippen molar-refractivity contribution in [2.45, 2.75) is 84.9 Å². The van der Waals surface area contributed by atoms with Gasteiger partial charge in [0.25, 0.3) is 6.29 Å². The van der Waals surface area contributed by atoms with Crippen molar-refractivity contribution in [2.24, 2.45) is 0 Å². The van der Waals surface area contributed by atoms with Crippen LogP contribution in [0.4, 0.5) is 0 Å². The molecule has 0 radical (unpaired) electrons. The van der Waals surface area contributed by atoms with Crippen LogP contribution in [-0.2, 0) is 18.9 Å². The normalized spacial score (nSPS) is 14.2. The summed E-state index contributed by atoms with van der Waals surface area (Å²) in [6, 6.07) is 3.68. The Morgan fingerprint density at radius 1 is 1.19 bits per heavy atom. The maximum absolute atomic E-state index is 5.93. The molecule has 26 heavy (non-hydrogen) atoms. The maximum Gasteiger partial charge on any atom is 0.258 e. The fourth-order valence-electron chi connectivity index (χ4n) is 2.63. The number of rotatable bonds is 15. The molecule has 0 aliphatic heterocycles. The predicted octanol–water partition coefficient (Wildman–Crippen LogP) is 5.97. The molecule has 150 valence electrons. The molecule has 1 aromatic heterocycles. The number of ether oxygens (including phenoxy) is 4. The van der Waals surface area contributed by atoms with Crippen molar-refractivity contribution in [3.8, 4) is 0 Å². The van der Waals surface area contributed by atoms with Gasteiger partial charge in [-0.1, -0.05) is 26.3 Å². The summed E-state index contributed by atoms with van der Waals surface area (Å²) < 4.78 is 28.4. The smallest absolute Gasteiger partial charge is 0.258 e. The van der Waals surface area contributed by atoms with Gasteiger partial charge in [-0.15, -0.1) is 0 Å². The Balaban J connectivity index is 2.26. The van der Waals surface area contributed by atoms with Crippen LogP contribution in [0.3, 0.4) is 0 Å². The van der Waals surface area contributed by atoms with Gasteiger partial charge >= 0.3 is 0 Å². The molecule has 1 aromatic rings. The Hall–Kier alpha value is -1.30. The zero-order chi connectivity index (χ0) is 19.4. The van der Waals surface area contributed by atoms with Crippen molar-refractivity contribution in [2.75, 3.05) is 13.2 Å². The highest BCUT2D eigenvalue weighted by Gasteiger charge is 2.21. The third-order valence-corrected chi connectivity index (χ3v) is 4.02. The van der Waals surface area contributed by atoms with Gasteiger partial charge in [0.15, 0.2) is 12.1 Å². The van der Waals surface area contributed by atoms with E-state index >= 15 is 0 Å². The second kappa shape index (κ2) is 12.2. The van der Waals surface area contributed by atoms with Crippen molar-refractivity contribution in [1.82, 2.24) is 0 Å². The molecule has 2 atom stereocenters. The summed E-state index contributed by atoms with van der Waals surface area (Å²) in [6.07, 6.45) is 5.75. The van der Waals surface area contributed by atoms with Gasteiger partial charge in [0, 0.05) is 13.0 Å². The van der Waals surface area contributed by atoms with Gasteiger partial charge < -0.3 is 23.4 Å². The lowest BCUT2D eigenvalue weighted by Gasteiger charge is -2.29. The second-order valence-electron chi connectivity index (χ2n) is 6.94. The van der Waals surface area contributed by atoms with E-state index < -0.39 is 6.29 Å². The summed E-state index contributed by atoms with van der Waals surface area (Å²) >= 11 is 0. The Morgan fingerprint density at radius 2 is 1.96 bits per heavy atom. The minimum Gasteiger partial charge on any atom is -0.463 e. The first-order chi connectivity index (χ1) is 12.4. The molecule has 0 amide bonds. The first kappa shape index (κ1) is 22.7. The molecule has 0 fully saturated rings. The molecule has 0 aromatic carbocycles. The number of allylic oxidation sites excluding steroid dienone is 1. The Bertz CT molecular complexity index is 481. The van der Waals surface area contributed by atoms with Crippen molar-refractivity contribution < 1.29 is 23.4 Å². The largest absolute Gasteiger partial charge is 0.463 e. The van der Waals surface area contributed by atoms with Gasteiger partial charge in [-0.05, 0) is 52.7 Å². The molecule has 5 nitrogen and oxygen atoms in total. The van der Waals surface area contributed by atoms with Gasteiger partial charge in [-0.2, -0.15) is 0 Å². The Labute approximate surface area is 158 Å². The van der Waals surface area contributed by atoms with E-state index in [1.165, 1.54) is 0 Å². The summed E-state index contributed by atoms with van der Waals surface area (Å²) in [5, 5.41) is 0. The highest BCUT2D eigenvalue weighted by Crippen LogP contribution is 2.24. The van der Waals surface area contributed by atoms with Crippen LogP contribution in [0.25, 0.3) is 0 Å². The lowest BCUT2D eigenvalue weighted by molar-refractivity contribution is -0.191. The minimum absolute atomic E-state index is 0.170. The molecule has 5 heteroatoms. The monoisotopic (exact) mass is 368 g/mol. The quantitative estimate of drug-likeness (QED) is 0.217. The molecule has 0 saturated heterocycles. The molecule has 0 N–H and O–H groups in total. The molecule has 0 aliphatic carbocycles. The molecule has 0 aliphatic rings. The summed E-state index contributed by atoms with van der Waals surface area (Å²) in [6.45, 7) is 15.3. The van der Waals surface area contributed by atoms with Crippen LogP contribution >= 0.6 is 0 Å². The van der Waals surface area contributed by atoms with E-state index in [0.29, 0.717) is 24.7 Å². The maximum atomic E-state index is 5.93. The predicted molar refractivity (Wildman–Crippen MR) is 103 cm³/mol. The van der Waals surface area contributed by atoms with E-state index in [1.807, 2.05) is 32.9 Å². The average molecular weight is 369 g/mol. The van der Waals surface area contributed by atoms with Crippen LogP contribution in [0.1, 0.15) is 78.8 Å². The highest BCUT2D eigenvalue weighted by atomic mass is 16.7. The third-order valence-electron chi connectivity index (χ3n) is 4.02. The van der Waals surface area contributed by atoms with E-state index in [-0.39, 0.29) is 11.9 Å². The molecule has 0 bridgehead atoms. The van der Waals surface area contributed by atoms with Gasteiger partial charge in [-0.25, -0.2) is 0 Å². The van der Waals surface area contributed by atoms with Crippen LogP contribution in [0.2, 0.25) is 0 Å². The van der Waals surface area contributed by atoms with Crippen molar-refractivity contribution in [3.05, 3.63) is 36.5 Å². The molecule has 1 heterocycles. The highest BCUT2D eigenvalue weighted by molar-refractivity contribution is 5.01. The van der Waals surface area contributed by atoms with E-state index in [1.54, 1.807) is 6.26 Å². The molecular formula is C21H36O5. The van der Waals surface area contributed by atoms with E-state index in [9.17, 15) is 0 Å². The van der Waals surface area contributed by atoms with E-state index in [4.69, 9.17) is 23.4 Å². The zero-order valence-electron chi connectivity index (χ0n) is 17.1. The van der Waals surface area contributed by atoms with Crippen molar-refractivity contribution in [1.29, 1.82) is 0 Å². The SMILES string of the molecule is C=C(CC)OC(OCCCCCC(C)(C)OC(C)OCC)c1ccco1. The fraction of sp³-hybridized carbons (Fsp3) is 0.714. The molecule has 0 spiro atoms. The topological polar surface area (TPSA) is 50.1 Å². The van der Waals surface area contributed by atoms with Crippen LogP contribution in [0, 0.1) is 0 Å². The van der Waals surface area contributed by atoms with Gasteiger partial charge in [0.1, 0.15) is 0 Å². The number of hydrogen-bond acceptors (Lipinski definition) is 5. The number of furan rings is 1. The first-order valence-electron chi connectivity index (χ1n) is 9.66. The number of unbranched alkanes of at least 4 members (excludes halogenated alkanes) is 2. The van der Waals surface area contributed by atoms with Gasteiger partial charge in [-0.3, -0.25) is 0 Å². The molecule has 1 rings (SSSR count). The van der Waals surface area contributed by atoms with Crippen molar-refractivity contribution in [3.63, 3.8) is 0 Å². The lowest BCUT2D eigenvalue weighted by Crippen LogP contribution is -2.30. The summed E-state index contributed by atoms with van der Waals surface area (Å²) in [5.74, 6) is 1.35. The Morgan fingerprint density at radius 3 is 2.58 bits per heavy atom. The molecule has 2 unspecified atom stereocenters. The van der Waals surface area contributed by atoms with Gasteiger partial charge in [0.05, 0.1) is 24.2 Å². The first-order valence-corrected chi connectivity index (χ1v) is 9.66. The second-order valence-corrected chi connectivity index (χ2v) is 6.94. The van der Waals surface area contributed by atoms with E-state index in [0.717, 1.165) is 32.1 Å². The van der Waals surface area contributed by atoms with Gasteiger partial charge in [0.2, 0.25) is 0 Å². The fourth-order valence-corrected chi connectivity index (χ4v) is 2.63. The molecule has 0 saturated carbocycles. The summed E-state index contributed by atoms with van der Waals surface area (Å²) in [4.78, 5) is 0. The standard InChI is InChI=1S/C21H36O5/c1-7-17(3)25-20(19-13-12-16-23-19)24-15-11-9-10-14-21(5,6)26-18(4)22-8-2/h12-13,16,18,20H,3,7-11,14-15H2,1-2,4-6H3. The lowest BCUT2D eigenvalue weighted by atomic mass is 10.0. The average Bonchev–Trinajstić information content (AvgIpc) is 3.10. The van der Waals surface area contributed by atoms with E-state index in [2.05, 4.69) is 20.4 Å². The van der Waals surface area contributed by atoms with Crippen LogP contribution in [-0.4, -0.2) is 25.1 Å². The zero-order valence-corrected chi connectivity index (χ0v) is 17.1.